The van der Waals surface area contributed by atoms with E-state index < -0.39 is 0 Å². The second-order valence-corrected chi connectivity index (χ2v) is 6.58. The number of nitrogens with zero attached hydrogens (tertiary/aromatic N) is 3. The van der Waals surface area contributed by atoms with Crippen molar-refractivity contribution in [3.05, 3.63) is 40.9 Å². The van der Waals surface area contributed by atoms with Crippen LogP contribution >= 0.6 is 0 Å². The van der Waals surface area contributed by atoms with Crippen LogP contribution in [0.5, 0.6) is 0 Å². The first kappa shape index (κ1) is 14.9. The van der Waals surface area contributed by atoms with E-state index in [1.807, 2.05) is 36.9 Å². The summed E-state index contributed by atoms with van der Waals surface area (Å²) in [7, 11) is 0. The molecule has 1 aliphatic carbocycles. The minimum atomic E-state index is -0.316. The van der Waals surface area contributed by atoms with Crippen LogP contribution in [0.3, 0.4) is 0 Å². The van der Waals surface area contributed by atoms with E-state index in [-0.39, 0.29) is 29.6 Å². The molecule has 3 aromatic rings. The smallest absolute Gasteiger partial charge is 0.297 e. The summed E-state index contributed by atoms with van der Waals surface area (Å²) in [4.78, 5) is 31.5. The lowest BCUT2D eigenvalue weighted by molar-refractivity contribution is -0.134. The second-order valence-electron chi connectivity index (χ2n) is 6.58. The van der Waals surface area contributed by atoms with Crippen molar-refractivity contribution in [3.63, 3.8) is 0 Å². The zero-order valence-electron chi connectivity index (χ0n) is 13.7. The quantitative estimate of drug-likeness (QED) is 0.739. The molecule has 0 radical (unpaired) electrons. The van der Waals surface area contributed by atoms with Crippen molar-refractivity contribution >= 4 is 28.0 Å². The summed E-state index contributed by atoms with van der Waals surface area (Å²) in [6.07, 6.45) is 3.52. The predicted octanol–water partition coefficient (Wildman–Crippen LogP) is 2.54. The van der Waals surface area contributed by atoms with Crippen molar-refractivity contribution in [2.75, 3.05) is 0 Å². The van der Waals surface area contributed by atoms with Gasteiger partial charge in [-0.3, -0.25) is 14.2 Å². The fraction of sp³-hybridized carbons (Fsp3) is 0.389. The first-order chi connectivity index (χ1) is 11.6. The van der Waals surface area contributed by atoms with Crippen molar-refractivity contribution in [2.45, 2.75) is 45.3 Å². The number of benzene rings is 1. The van der Waals surface area contributed by atoms with Gasteiger partial charge in [-0.1, -0.05) is 12.1 Å². The highest BCUT2D eigenvalue weighted by molar-refractivity contribution is 6.01. The number of carbonyl (C=O) groups is 1. The monoisotopic (exact) mass is 325 g/mol. The minimum absolute atomic E-state index is 0.00645. The molecule has 1 saturated carbocycles. The molecule has 1 amide bonds. The molecule has 4 rings (SSSR count). The van der Waals surface area contributed by atoms with Gasteiger partial charge in [0.2, 0.25) is 11.5 Å². The van der Waals surface area contributed by atoms with Gasteiger partial charge in [0.15, 0.2) is 0 Å². The highest BCUT2D eigenvalue weighted by Gasteiger charge is 2.34. The molecular weight excluding hydrogens is 306 g/mol. The van der Waals surface area contributed by atoms with Crippen LogP contribution in [0.15, 0.2) is 39.8 Å². The maximum absolute atomic E-state index is 12.7. The minimum Gasteiger partial charge on any atom is -0.448 e. The number of furan rings is 1. The third kappa shape index (κ3) is 2.38. The van der Waals surface area contributed by atoms with Crippen LogP contribution < -0.4 is 5.56 Å². The van der Waals surface area contributed by atoms with Crippen LogP contribution in [0.25, 0.3) is 22.1 Å². The molecule has 0 saturated heterocycles. The zero-order valence-corrected chi connectivity index (χ0v) is 13.7. The summed E-state index contributed by atoms with van der Waals surface area (Å²) in [5.74, 6) is -0.0492. The van der Waals surface area contributed by atoms with E-state index in [2.05, 4.69) is 4.98 Å². The van der Waals surface area contributed by atoms with Gasteiger partial charge in [-0.2, -0.15) is 0 Å². The number of hydrogen-bond donors (Lipinski definition) is 0. The molecule has 0 aliphatic heterocycles. The highest BCUT2D eigenvalue weighted by Crippen LogP contribution is 2.29. The molecule has 0 unspecified atom stereocenters. The Balaban J connectivity index is 1.72. The van der Waals surface area contributed by atoms with Gasteiger partial charge in [0.1, 0.15) is 17.6 Å². The van der Waals surface area contributed by atoms with Gasteiger partial charge in [0.05, 0.1) is 6.33 Å². The predicted molar refractivity (Wildman–Crippen MR) is 90.8 cm³/mol. The van der Waals surface area contributed by atoms with E-state index in [1.54, 1.807) is 6.07 Å². The van der Waals surface area contributed by atoms with E-state index in [0.717, 1.165) is 18.2 Å². The summed E-state index contributed by atoms with van der Waals surface area (Å²) in [6.45, 7) is 3.99. The fourth-order valence-corrected chi connectivity index (χ4v) is 3.22. The molecule has 24 heavy (non-hydrogen) atoms. The molecule has 1 aromatic carbocycles. The fourth-order valence-electron chi connectivity index (χ4n) is 3.22. The number of hydrogen-bond acceptors (Lipinski definition) is 4. The molecule has 0 N–H and O–H groups in total. The average Bonchev–Trinajstić information content (AvgIpc) is 3.29. The lowest BCUT2D eigenvalue weighted by Gasteiger charge is -2.26. The average molecular weight is 325 g/mol. The molecule has 124 valence electrons. The highest BCUT2D eigenvalue weighted by atomic mass is 16.3. The van der Waals surface area contributed by atoms with Gasteiger partial charge in [-0.15, -0.1) is 0 Å². The molecule has 0 bridgehead atoms. The van der Waals surface area contributed by atoms with E-state index >= 15 is 0 Å². The molecule has 0 atom stereocenters. The molecule has 1 fully saturated rings. The topological polar surface area (TPSA) is 68.3 Å². The second kappa shape index (κ2) is 5.47. The van der Waals surface area contributed by atoms with E-state index in [9.17, 15) is 9.59 Å². The summed E-state index contributed by atoms with van der Waals surface area (Å²) in [6, 6.07) is 7.85. The van der Waals surface area contributed by atoms with Crippen molar-refractivity contribution in [3.8, 4) is 0 Å². The molecule has 0 spiro atoms. The number of carbonyl (C=O) groups excluding carboxylic acids is 1. The van der Waals surface area contributed by atoms with E-state index in [4.69, 9.17) is 4.42 Å². The maximum atomic E-state index is 12.7. The van der Waals surface area contributed by atoms with Crippen LogP contribution in [0.1, 0.15) is 26.7 Å². The van der Waals surface area contributed by atoms with Gasteiger partial charge in [0, 0.05) is 17.5 Å². The van der Waals surface area contributed by atoms with Gasteiger partial charge in [-0.05, 0) is 38.8 Å². The van der Waals surface area contributed by atoms with Crippen LogP contribution in [-0.2, 0) is 11.3 Å². The Bertz CT molecular complexity index is 980. The van der Waals surface area contributed by atoms with Gasteiger partial charge in [0.25, 0.3) is 5.56 Å². The van der Waals surface area contributed by atoms with Gasteiger partial charge >= 0.3 is 0 Å². The van der Waals surface area contributed by atoms with Gasteiger partial charge < -0.3 is 9.32 Å². The Kier molecular flexibility index (Phi) is 3.40. The Morgan fingerprint density at radius 1 is 1.38 bits per heavy atom. The number of rotatable bonds is 4. The van der Waals surface area contributed by atoms with Crippen molar-refractivity contribution in [2.24, 2.45) is 0 Å². The normalized spacial score (nSPS) is 14.6. The summed E-state index contributed by atoms with van der Waals surface area (Å²) < 4.78 is 6.99. The Hall–Kier alpha value is -2.63. The van der Waals surface area contributed by atoms with E-state index in [1.165, 1.54) is 10.9 Å². The van der Waals surface area contributed by atoms with Crippen LogP contribution in [0, 0.1) is 0 Å². The third-order valence-corrected chi connectivity index (χ3v) is 4.44. The molecule has 1 aliphatic rings. The SMILES string of the molecule is CC(C)N(C(=O)Cn1cnc2c(oc3ccccc32)c1=O)C1CC1. The number of aromatic nitrogens is 2. The van der Waals surface area contributed by atoms with Crippen molar-refractivity contribution < 1.29 is 9.21 Å². The number of amides is 1. The molecule has 2 heterocycles. The van der Waals surface area contributed by atoms with Crippen LogP contribution in [0.4, 0.5) is 0 Å². The molecular formula is C18H19N3O3. The molecule has 6 heteroatoms. The third-order valence-electron chi connectivity index (χ3n) is 4.44. The number of para-hydroxylation sites is 1. The Morgan fingerprint density at radius 3 is 2.83 bits per heavy atom. The first-order valence-electron chi connectivity index (χ1n) is 8.24. The zero-order chi connectivity index (χ0) is 16.8. The maximum Gasteiger partial charge on any atom is 0.297 e. The Morgan fingerprint density at radius 2 is 2.12 bits per heavy atom. The van der Waals surface area contributed by atoms with Crippen molar-refractivity contribution in [1.29, 1.82) is 0 Å². The summed E-state index contributed by atoms with van der Waals surface area (Å²) in [5, 5.41) is 0.810. The summed E-state index contributed by atoms with van der Waals surface area (Å²) in [5.41, 5.74) is 1.06. The van der Waals surface area contributed by atoms with Crippen LogP contribution in [0.2, 0.25) is 0 Å². The molecule has 6 nitrogen and oxygen atoms in total. The van der Waals surface area contributed by atoms with Crippen LogP contribution in [-0.4, -0.2) is 32.4 Å². The van der Waals surface area contributed by atoms with E-state index in [0.29, 0.717) is 17.1 Å². The first-order valence-corrected chi connectivity index (χ1v) is 8.24. The van der Waals surface area contributed by atoms with Gasteiger partial charge in [-0.25, -0.2) is 4.98 Å². The Labute approximate surface area is 138 Å². The summed E-state index contributed by atoms with van der Waals surface area (Å²) >= 11 is 0. The standard InChI is InChI=1S/C18H19N3O3/c1-11(2)21(12-7-8-12)15(22)9-20-10-19-16-13-5-3-4-6-14(13)24-17(16)18(20)23/h3-6,10-12H,7-9H2,1-2H3. The lowest BCUT2D eigenvalue weighted by Crippen LogP contribution is -2.42. The number of fused-ring (bicyclic) bond motifs is 3. The lowest BCUT2D eigenvalue weighted by atomic mass is 10.2. The molecule has 2 aromatic heterocycles. The van der Waals surface area contributed by atoms with Crippen molar-refractivity contribution in [1.82, 2.24) is 14.5 Å². The largest absolute Gasteiger partial charge is 0.448 e.